The molecule has 2 rings (SSSR count). The Labute approximate surface area is 157 Å². The van der Waals surface area contributed by atoms with E-state index < -0.39 is 11.9 Å². The molecular formula is C19H24N2O4S. The van der Waals surface area contributed by atoms with Crippen LogP contribution < -0.4 is 10.1 Å². The lowest BCUT2D eigenvalue weighted by Crippen LogP contribution is -2.33. The smallest absolute Gasteiger partial charge is 0.308 e. The second kappa shape index (κ2) is 9.33. The number of hydrogen-bond acceptors (Lipinski definition) is 5. The first kappa shape index (κ1) is 19.9. The lowest BCUT2D eigenvalue weighted by Gasteiger charge is -2.15. The number of benzene rings is 1. The molecule has 26 heavy (non-hydrogen) atoms. The van der Waals surface area contributed by atoms with Crippen molar-refractivity contribution in [3.05, 3.63) is 45.9 Å². The summed E-state index contributed by atoms with van der Waals surface area (Å²) in [6.45, 7) is 6.30. The largest absolute Gasteiger partial charge is 0.487 e. The maximum Gasteiger partial charge on any atom is 0.308 e. The maximum atomic E-state index is 12.3. The van der Waals surface area contributed by atoms with Crippen LogP contribution >= 0.6 is 11.3 Å². The zero-order valence-electron chi connectivity index (χ0n) is 15.2. The summed E-state index contributed by atoms with van der Waals surface area (Å²) in [6, 6.07) is 6.83. The van der Waals surface area contributed by atoms with Crippen LogP contribution in [0.3, 0.4) is 0 Å². The number of aliphatic carboxylic acids is 1. The monoisotopic (exact) mass is 376 g/mol. The molecule has 0 saturated heterocycles. The molecule has 2 aromatic rings. The van der Waals surface area contributed by atoms with Crippen molar-refractivity contribution in [3.8, 4) is 5.75 Å². The summed E-state index contributed by atoms with van der Waals surface area (Å²) in [5.41, 5.74) is 1.28. The van der Waals surface area contributed by atoms with E-state index in [9.17, 15) is 14.7 Å². The molecule has 0 aliphatic carbocycles. The quantitative estimate of drug-likeness (QED) is 0.699. The van der Waals surface area contributed by atoms with Crippen LogP contribution in [-0.2, 0) is 11.4 Å². The molecule has 140 valence electrons. The van der Waals surface area contributed by atoms with Gasteiger partial charge in [0.05, 0.1) is 16.6 Å². The minimum atomic E-state index is -0.894. The van der Waals surface area contributed by atoms with Crippen LogP contribution in [0.25, 0.3) is 0 Å². The van der Waals surface area contributed by atoms with E-state index in [4.69, 9.17) is 4.74 Å². The fraction of sp³-hybridized carbons (Fsp3) is 0.421. The van der Waals surface area contributed by atoms with Crippen molar-refractivity contribution >= 4 is 23.2 Å². The van der Waals surface area contributed by atoms with E-state index in [1.54, 1.807) is 35.6 Å². The Kier molecular flexibility index (Phi) is 7.15. The number of carbonyl (C=O) groups excluding carboxylic acids is 1. The molecule has 0 aliphatic heterocycles. The van der Waals surface area contributed by atoms with Crippen molar-refractivity contribution in [2.24, 2.45) is 11.8 Å². The van der Waals surface area contributed by atoms with E-state index >= 15 is 0 Å². The van der Waals surface area contributed by atoms with Crippen molar-refractivity contribution in [2.45, 2.75) is 33.8 Å². The second-order valence-electron chi connectivity index (χ2n) is 6.55. The number of hydrogen-bond donors (Lipinski definition) is 2. The van der Waals surface area contributed by atoms with Crippen molar-refractivity contribution in [1.29, 1.82) is 0 Å². The predicted molar refractivity (Wildman–Crippen MR) is 101 cm³/mol. The third kappa shape index (κ3) is 6.15. The molecule has 1 aromatic carbocycles. The summed E-state index contributed by atoms with van der Waals surface area (Å²) in [7, 11) is 0. The van der Waals surface area contributed by atoms with Crippen molar-refractivity contribution < 1.29 is 19.4 Å². The summed E-state index contributed by atoms with van der Waals surface area (Å²) >= 11 is 1.56. The maximum absolute atomic E-state index is 12.3. The average Bonchev–Trinajstić information content (AvgIpc) is 3.01. The van der Waals surface area contributed by atoms with Gasteiger partial charge in [-0.25, -0.2) is 4.98 Å². The number of amides is 1. The van der Waals surface area contributed by atoms with Crippen LogP contribution in [-0.4, -0.2) is 28.5 Å². The summed E-state index contributed by atoms with van der Waals surface area (Å²) in [5, 5.41) is 14.9. The Morgan fingerprint density at radius 2 is 2.12 bits per heavy atom. The Hall–Kier alpha value is -2.41. The van der Waals surface area contributed by atoms with Gasteiger partial charge in [0.25, 0.3) is 5.91 Å². The number of carboxylic acids is 1. The topological polar surface area (TPSA) is 88.5 Å². The highest BCUT2D eigenvalue weighted by molar-refractivity contribution is 7.09. The summed E-state index contributed by atoms with van der Waals surface area (Å²) in [6.07, 6.45) is 0.520. The standard InChI is InChI=1S/C19H24N2O4S/c1-12(2)7-15(19(23)24)9-20-18(22)14-5-4-6-17(8-14)25-10-16-11-26-13(3)21-16/h4-6,8,11-12,15H,7,9-10H2,1-3H3,(H,20,22)(H,23,24). The highest BCUT2D eigenvalue weighted by Gasteiger charge is 2.20. The van der Waals surface area contributed by atoms with Gasteiger partial charge in [-0.15, -0.1) is 11.3 Å². The molecule has 0 fully saturated rings. The van der Waals surface area contributed by atoms with Crippen molar-refractivity contribution in [1.82, 2.24) is 10.3 Å². The fourth-order valence-electron chi connectivity index (χ4n) is 2.52. The molecule has 6 nitrogen and oxygen atoms in total. The molecule has 0 saturated carbocycles. The molecule has 1 atom stereocenters. The first-order chi connectivity index (χ1) is 12.3. The number of rotatable bonds is 9. The normalized spacial score (nSPS) is 12.0. The molecule has 7 heteroatoms. The number of carbonyl (C=O) groups is 2. The Bertz CT molecular complexity index is 758. The number of aromatic nitrogens is 1. The number of thiazole rings is 1. The Morgan fingerprint density at radius 1 is 1.35 bits per heavy atom. The van der Waals surface area contributed by atoms with Gasteiger partial charge in [0.1, 0.15) is 12.4 Å². The number of nitrogens with one attached hydrogen (secondary N) is 1. The highest BCUT2D eigenvalue weighted by Crippen LogP contribution is 2.17. The summed E-state index contributed by atoms with van der Waals surface area (Å²) in [5.74, 6) is -0.977. The van der Waals surface area contributed by atoms with E-state index in [2.05, 4.69) is 10.3 Å². The van der Waals surface area contributed by atoms with Gasteiger partial charge < -0.3 is 15.2 Å². The molecule has 0 bridgehead atoms. The third-order valence-electron chi connectivity index (χ3n) is 3.76. The number of aryl methyl sites for hydroxylation is 1. The minimum absolute atomic E-state index is 0.107. The molecular weight excluding hydrogens is 352 g/mol. The van der Waals surface area contributed by atoms with E-state index in [1.165, 1.54) is 0 Å². The predicted octanol–water partition coefficient (Wildman–Crippen LogP) is 3.51. The summed E-state index contributed by atoms with van der Waals surface area (Å²) in [4.78, 5) is 27.9. The second-order valence-corrected chi connectivity index (χ2v) is 7.61. The van der Waals surface area contributed by atoms with Gasteiger partial charge in [-0.3, -0.25) is 9.59 Å². The molecule has 0 aliphatic rings. The van der Waals surface area contributed by atoms with Gasteiger partial charge in [0.15, 0.2) is 0 Å². The van der Waals surface area contributed by atoms with Crippen LogP contribution in [0.1, 0.15) is 41.3 Å². The van der Waals surface area contributed by atoms with Crippen LogP contribution in [0, 0.1) is 18.8 Å². The Morgan fingerprint density at radius 3 is 2.73 bits per heavy atom. The van der Waals surface area contributed by atoms with Crippen molar-refractivity contribution in [3.63, 3.8) is 0 Å². The molecule has 1 unspecified atom stereocenters. The van der Waals surface area contributed by atoms with Crippen LogP contribution in [0.4, 0.5) is 0 Å². The van der Waals surface area contributed by atoms with Gasteiger partial charge in [0.2, 0.25) is 0 Å². The minimum Gasteiger partial charge on any atom is -0.487 e. The SMILES string of the molecule is Cc1nc(COc2cccc(C(=O)NCC(CC(C)C)C(=O)O)c2)cs1. The van der Waals surface area contributed by atoms with Crippen LogP contribution in [0.2, 0.25) is 0 Å². The van der Waals surface area contributed by atoms with E-state index in [-0.39, 0.29) is 18.4 Å². The molecule has 1 aromatic heterocycles. The first-order valence-electron chi connectivity index (χ1n) is 8.50. The van der Waals surface area contributed by atoms with Gasteiger partial charge in [-0.1, -0.05) is 19.9 Å². The van der Waals surface area contributed by atoms with E-state index in [1.807, 2.05) is 26.2 Å². The molecule has 0 spiro atoms. The van der Waals surface area contributed by atoms with E-state index in [0.717, 1.165) is 10.7 Å². The van der Waals surface area contributed by atoms with E-state index in [0.29, 0.717) is 24.3 Å². The first-order valence-corrected chi connectivity index (χ1v) is 9.38. The lowest BCUT2D eigenvalue weighted by atomic mass is 9.97. The third-order valence-corrected chi connectivity index (χ3v) is 4.59. The van der Waals surface area contributed by atoms with Crippen LogP contribution in [0.5, 0.6) is 5.75 Å². The zero-order valence-corrected chi connectivity index (χ0v) is 16.0. The number of nitrogens with zero attached hydrogens (tertiary/aromatic N) is 1. The molecule has 0 radical (unpaired) electrons. The fourth-order valence-corrected chi connectivity index (χ4v) is 3.11. The number of carboxylic acid groups (broad SMARTS) is 1. The highest BCUT2D eigenvalue weighted by atomic mass is 32.1. The molecule has 1 amide bonds. The molecule has 2 N–H and O–H groups in total. The van der Waals surface area contributed by atoms with Gasteiger partial charge in [-0.05, 0) is 37.5 Å². The average molecular weight is 376 g/mol. The summed E-state index contributed by atoms with van der Waals surface area (Å²) < 4.78 is 5.68. The van der Waals surface area contributed by atoms with Gasteiger partial charge in [0, 0.05) is 17.5 Å². The number of ether oxygens (including phenoxy) is 1. The zero-order chi connectivity index (χ0) is 19.1. The van der Waals surface area contributed by atoms with Gasteiger partial charge in [-0.2, -0.15) is 0 Å². The van der Waals surface area contributed by atoms with Gasteiger partial charge >= 0.3 is 5.97 Å². The lowest BCUT2D eigenvalue weighted by molar-refractivity contribution is -0.142. The van der Waals surface area contributed by atoms with Crippen LogP contribution in [0.15, 0.2) is 29.6 Å². The molecule has 1 heterocycles. The van der Waals surface area contributed by atoms with Crippen molar-refractivity contribution in [2.75, 3.05) is 6.54 Å². The Balaban J connectivity index is 1.93.